The van der Waals surface area contributed by atoms with Gasteiger partial charge >= 0.3 is 5.97 Å². The van der Waals surface area contributed by atoms with Crippen LogP contribution in [0.25, 0.3) is 0 Å². The summed E-state index contributed by atoms with van der Waals surface area (Å²) in [6.45, 7) is 1.67. The second kappa shape index (κ2) is 5.99. The molecule has 1 saturated heterocycles. The van der Waals surface area contributed by atoms with Crippen LogP contribution < -0.4 is 5.32 Å². The van der Waals surface area contributed by atoms with Crippen LogP contribution >= 0.6 is 23.2 Å². The van der Waals surface area contributed by atoms with Crippen LogP contribution in [0.15, 0.2) is 18.2 Å². The minimum atomic E-state index is -1.39. The second-order valence-corrected chi connectivity index (χ2v) is 5.06. The van der Waals surface area contributed by atoms with Gasteiger partial charge in [0.15, 0.2) is 0 Å². The average molecular weight is 318 g/mol. The number of carbonyl (C=O) groups is 2. The van der Waals surface area contributed by atoms with Gasteiger partial charge in [-0.05, 0) is 24.6 Å². The molecule has 0 aromatic heterocycles. The standard InChI is InChI=1S/C13H13Cl2NO4/c1-2-19-12(18)13(7-16-11(17)6-20-13)8-3-4-9(14)10(15)5-8/h3-5H,2,6-7H2,1H3,(H,16,17)/t13-/m0/s1. The Hall–Kier alpha value is -1.30. The Morgan fingerprint density at radius 2 is 2.20 bits per heavy atom. The number of esters is 1. The van der Waals surface area contributed by atoms with Crippen LogP contribution in [0, 0.1) is 0 Å². The van der Waals surface area contributed by atoms with Gasteiger partial charge in [0.2, 0.25) is 11.5 Å². The summed E-state index contributed by atoms with van der Waals surface area (Å²) in [6.07, 6.45) is 0. The molecule has 0 radical (unpaired) electrons. The van der Waals surface area contributed by atoms with Crippen LogP contribution in [0.3, 0.4) is 0 Å². The number of ether oxygens (including phenoxy) is 2. The zero-order valence-corrected chi connectivity index (χ0v) is 12.3. The minimum absolute atomic E-state index is 0.0113. The molecule has 1 fully saturated rings. The molecule has 5 nitrogen and oxygen atoms in total. The smallest absolute Gasteiger partial charge is 0.345 e. The number of benzene rings is 1. The number of hydrogen-bond acceptors (Lipinski definition) is 4. The molecule has 1 heterocycles. The number of nitrogens with one attached hydrogen (secondary N) is 1. The largest absolute Gasteiger partial charge is 0.464 e. The Labute approximate surface area is 126 Å². The molecule has 1 aromatic carbocycles. The molecule has 0 saturated carbocycles. The van der Waals surface area contributed by atoms with E-state index in [1.807, 2.05) is 0 Å². The van der Waals surface area contributed by atoms with Gasteiger partial charge < -0.3 is 14.8 Å². The molecule has 20 heavy (non-hydrogen) atoms. The van der Waals surface area contributed by atoms with Crippen molar-refractivity contribution < 1.29 is 19.1 Å². The molecule has 0 unspecified atom stereocenters. The first-order valence-electron chi connectivity index (χ1n) is 6.03. The molecule has 0 aliphatic carbocycles. The van der Waals surface area contributed by atoms with Gasteiger partial charge in [0.05, 0.1) is 23.2 Å². The van der Waals surface area contributed by atoms with Crippen molar-refractivity contribution in [2.45, 2.75) is 12.5 Å². The second-order valence-electron chi connectivity index (χ2n) is 4.24. The predicted octanol–water partition coefficient (Wildman–Crippen LogP) is 1.90. The van der Waals surface area contributed by atoms with E-state index in [2.05, 4.69) is 5.32 Å². The third-order valence-electron chi connectivity index (χ3n) is 2.98. The van der Waals surface area contributed by atoms with E-state index in [0.29, 0.717) is 15.6 Å². The van der Waals surface area contributed by atoms with E-state index in [-0.39, 0.29) is 25.7 Å². The summed E-state index contributed by atoms with van der Waals surface area (Å²) in [5, 5.41) is 3.27. The number of carbonyl (C=O) groups excluding carboxylic acids is 2. The maximum atomic E-state index is 12.2. The van der Waals surface area contributed by atoms with E-state index in [1.54, 1.807) is 19.1 Å². The Balaban J connectivity index is 2.42. The van der Waals surface area contributed by atoms with E-state index >= 15 is 0 Å². The monoisotopic (exact) mass is 317 g/mol. The molecule has 1 aliphatic heterocycles. The third-order valence-corrected chi connectivity index (χ3v) is 3.71. The molecule has 1 N–H and O–H groups in total. The normalized spacial score (nSPS) is 22.2. The van der Waals surface area contributed by atoms with Gasteiger partial charge in [-0.2, -0.15) is 0 Å². The van der Waals surface area contributed by atoms with E-state index in [0.717, 1.165) is 0 Å². The molecule has 108 valence electrons. The van der Waals surface area contributed by atoms with Crippen LogP contribution in [0.5, 0.6) is 0 Å². The molecule has 1 amide bonds. The van der Waals surface area contributed by atoms with Crippen molar-refractivity contribution in [3.8, 4) is 0 Å². The summed E-state index contributed by atoms with van der Waals surface area (Å²) in [7, 11) is 0. The Kier molecular flexibility index (Phi) is 4.52. The first-order valence-corrected chi connectivity index (χ1v) is 6.78. The summed E-state index contributed by atoms with van der Waals surface area (Å²) >= 11 is 11.8. The van der Waals surface area contributed by atoms with E-state index in [9.17, 15) is 9.59 Å². The van der Waals surface area contributed by atoms with E-state index in [1.165, 1.54) is 6.07 Å². The van der Waals surface area contributed by atoms with Crippen molar-refractivity contribution in [1.29, 1.82) is 0 Å². The topological polar surface area (TPSA) is 64.6 Å². The van der Waals surface area contributed by atoms with Crippen molar-refractivity contribution >= 4 is 35.1 Å². The lowest BCUT2D eigenvalue weighted by atomic mass is 9.92. The number of hydrogen-bond donors (Lipinski definition) is 1. The highest BCUT2D eigenvalue weighted by Crippen LogP contribution is 2.33. The van der Waals surface area contributed by atoms with Crippen molar-refractivity contribution in [3.05, 3.63) is 33.8 Å². The molecule has 1 aromatic rings. The SMILES string of the molecule is CCOC(=O)[C@@]1(c2ccc(Cl)c(Cl)c2)CNC(=O)CO1. The Morgan fingerprint density at radius 3 is 2.75 bits per heavy atom. The highest BCUT2D eigenvalue weighted by Gasteiger charge is 2.46. The van der Waals surface area contributed by atoms with Gasteiger partial charge in [-0.25, -0.2) is 4.79 Å². The lowest BCUT2D eigenvalue weighted by Crippen LogP contribution is -2.55. The maximum Gasteiger partial charge on any atom is 0.345 e. The Bertz CT molecular complexity index is 537. The summed E-state index contributed by atoms with van der Waals surface area (Å²) in [6, 6.07) is 4.74. The van der Waals surface area contributed by atoms with Crippen molar-refractivity contribution in [2.75, 3.05) is 19.8 Å². The predicted molar refractivity (Wildman–Crippen MR) is 73.7 cm³/mol. The lowest BCUT2D eigenvalue weighted by Gasteiger charge is -2.35. The van der Waals surface area contributed by atoms with Gasteiger partial charge in [0.1, 0.15) is 6.61 Å². The van der Waals surface area contributed by atoms with E-state index < -0.39 is 11.6 Å². The molecule has 1 aliphatic rings. The number of halogens is 2. The fraction of sp³-hybridized carbons (Fsp3) is 0.385. The number of amides is 1. The van der Waals surface area contributed by atoms with Gasteiger partial charge in [-0.1, -0.05) is 29.3 Å². The van der Waals surface area contributed by atoms with Crippen LogP contribution in [-0.4, -0.2) is 31.6 Å². The van der Waals surface area contributed by atoms with Crippen LogP contribution in [0.4, 0.5) is 0 Å². The summed E-state index contributed by atoms with van der Waals surface area (Å²) < 4.78 is 10.5. The molecule has 7 heteroatoms. The van der Waals surface area contributed by atoms with Gasteiger partial charge in [-0.3, -0.25) is 4.79 Å². The maximum absolute atomic E-state index is 12.2. The van der Waals surface area contributed by atoms with E-state index in [4.69, 9.17) is 32.7 Å². The van der Waals surface area contributed by atoms with Gasteiger partial charge in [-0.15, -0.1) is 0 Å². The first-order chi connectivity index (χ1) is 9.49. The van der Waals surface area contributed by atoms with Gasteiger partial charge in [0.25, 0.3) is 0 Å². The Morgan fingerprint density at radius 1 is 1.45 bits per heavy atom. The first kappa shape index (κ1) is 15.1. The van der Waals surface area contributed by atoms with Crippen LogP contribution in [-0.2, 0) is 24.7 Å². The summed E-state index contributed by atoms with van der Waals surface area (Å²) in [4.78, 5) is 23.5. The minimum Gasteiger partial charge on any atom is -0.464 e. The zero-order valence-electron chi connectivity index (χ0n) is 10.7. The zero-order chi connectivity index (χ0) is 14.8. The fourth-order valence-corrected chi connectivity index (χ4v) is 2.24. The average Bonchev–Trinajstić information content (AvgIpc) is 2.43. The highest BCUT2D eigenvalue weighted by molar-refractivity contribution is 6.42. The van der Waals surface area contributed by atoms with Crippen molar-refractivity contribution in [1.82, 2.24) is 5.32 Å². The highest BCUT2D eigenvalue weighted by atomic mass is 35.5. The van der Waals surface area contributed by atoms with Gasteiger partial charge in [0, 0.05) is 0 Å². The lowest BCUT2D eigenvalue weighted by molar-refractivity contribution is -0.180. The van der Waals surface area contributed by atoms with Crippen molar-refractivity contribution in [3.63, 3.8) is 0 Å². The quantitative estimate of drug-likeness (QED) is 0.865. The molecular formula is C13H13Cl2NO4. The fourth-order valence-electron chi connectivity index (χ4n) is 1.94. The number of morpholine rings is 1. The summed E-state index contributed by atoms with van der Waals surface area (Å²) in [5.41, 5.74) is -0.900. The molecule has 2 rings (SSSR count). The molecule has 0 bridgehead atoms. The number of rotatable bonds is 3. The molecule has 0 spiro atoms. The molecular weight excluding hydrogens is 305 g/mol. The van der Waals surface area contributed by atoms with Crippen LogP contribution in [0.2, 0.25) is 10.0 Å². The van der Waals surface area contributed by atoms with Crippen LogP contribution in [0.1, 0.15) is 12.5 Å². The summed E-state index contributed by atoms with van der Waals surface area (Å²) in [5.74, 6) is -0.858. The van der Waals surface area contributed by atoms with Crippen molar-refractivity contribution in [2.24, 2.45) is 0 Å². The molecule has 1 atom stereocenters. The third kappa shape index (κ3) is 2.75.